The summed E-state index contributed by atoms with van der Waals surface area (Å²) in [5, 5.41) is 9.45. The lowest BCUT2D eigenvalue weighted by Crippen LogP contribution is -2.55. The highest BCUT2D eigenvalue weighted by atomic mass is 19.4. The fourth-order valence-electron chi connectivity index (χ4n) is 3.27. The van der Waals surface area contributed by atoms with E-state index in [2.05, 4.69) is 10.3 Å². The van der Waals surface area contributed by atoms with E-state index >= 15 is 0 Å². The number of carbonyl (C=O) groups excluding carboxylic acids is 4. The fraction of sp³-hybridized carbons (Fsp3) is 0.357. The van der Waals surface area contributed by atoms with Gasteiger partial charge >= 0.3 is 24.1 Å². The zero-order valence-corrected chi connectivity index (χ0v) is 23.9. The van der Waals surface area contributed by atoms with Crippen LogP contribution in [0.4, 0.5) is 13.2 Å². The highest BCUT2D eigenvalue weighted by Gasteiger charge is 2.38. The zero-order valence-electron chi connectivity index (χ0n) is 23.9. The molecule has 0 saturated heterocycles. The number of halogens is 3. The Morgan fingerprint density at radius 2 is 1.36 bits per heavy atom. The predicted octanol–water partition coefficient (Wildman–Crippen LogP) is 0.259. The Morgan fingerprint density at radius 3 is 1.82 bits per heavy atom. The van der Waals surface area contributed by atoms with Crippen LogP contribution in [0, 0.1) is 0 Å². The Kier molecular flexibility index (Phi) is 16.3. The van der Waals surface area contributed by atoms with Crippen molar-refractivity contribution >= 4 is 35.6 Å². The van der Waals surface area contributed by atoms with Crippen molar-refractivity contribution in [3.05, 3.63) is 71.8 Å². The Morgan fingerprint density at radius 1 is 0.867 bits per heavy atom. The van der Waals surface area contributed by atoms with E-state index in [-0.39, 0.29) is 32.1 Å². The number of ketones is 1. The van der Waals surface area contributed by atoms with Crippen molar-refractivity contribution in [2.45, 2.75) is 56.8 Å². The number of hydrogen-bond donors (Lipinski definition) is 6. The van der Waals surface area contributed by atoms with Gasteiger partial charge in [-0.2, -0.15) is 13.2 Å². The smallest absolute Gasteiger partial charge is 0.475 e. The summed E-state index contributed by atoms with van der Waals surface area (Å²) in [4.78, 5) is 63.2. The first-order chi connectivity index (χ1) is 21.1. The number of guanidine groups is 1. The van der Waals surface area contributed by atoms with Crippen LogP contribution in [0.25, 0.3) is 0 Å². The third-order valence-corrected chi connectivity index (χ3v) is 5.60. The maximum Gasteiger partial charge on any atom is 0.490 e. The molecule has 3 atom stereocenters. The summed E-state index contributed by atoms with van der Waals surface area (Å²) in [7, 11) is 0. The summed E-state index contributed by atoms with van der Waals surface area (Å²) >= 11 is 0. The molecule has 0 fully saturated rings. The van der Waals surface area contributed by atoms with Crippen LogP contribution in [-0.2, 0) is 46.7 Å². The molecule has 45 heavy (non-hydrogen) atoms. The van der Waals surface area contributed by atoms with Gasteiger partial charge in [0.2, 0.25) is 5.91 Å². The van der Waals surface area contributed by atoms with Gasteiger partial charge in [-0.15, -0.1) is 0 Å². The molecule has 0 aromatic heterocycles. The zero-order chi connectivity index (χ0) is 34.0. The summed E-state index contributed by atoms with van der Waals surface area (Å²) in [6.07, 6.45) is -5.04. The number of aliphatic carboxylic acids is 1. The average molecular weight is 641 g/mol. The van der Waals surface area contributed by atoms with Crippen LogP contribution in [0.15, 0.2) is 65.7 Å². The molecule has 0 radical (unpaired) electrons. The van der Waals surface area contributed by atoms with Crippen LogP contribution in [0.3, 0.4) is 0 Å². The van der Waals surface area contributed by atoms with E-state index in [1.165, 1.54) is 0 Å². The minimum Gasteiger partial charge on any atom is -0.475 e. The number of aliphatic imine (C=N–C) groups is 1. The molecule has 10 N–H and O–H groups in total. The number of ether oxygens (including phenoxy) is 2. The molecular formula is C28H35F3N6O8. The number of nitrogens with one attached hydrogen (secondary N) is 1. The second kappa shape index (κ2) is 19.3. The molecule has 2 aromatic carbocycles. The van der Waals surface area contributed by atoms with E-state index < -0.39 is 60.3 Å². The molecule has 0 aliphatic heterocycles. The SMILES string of the molecule is NC(N)=NCCCC(N)C(=O)C(N)C(=O)NC(CC(=O)OCc1ccccc1)C(=O)OCc1ccccc1.O=C(O)C(F)(F)F. The van der Waals surface area contributed by atoms with E-state index in [0.29, 0.717) is 12.0 Å². The molecule has 0 heterocycles. The molecule has 3 unspecified atom stereocenters. The van der Waals surface area contributed by atoms with Crippen LogP contribution in [0.2, 0.25) is 0 Å². The van der Waals surface area contributed by atoms with Gasteiger partial charge in [-0.3, -0.25) is 19.4 Å². The van der Waals surface area contributed by atoms with Crippen LogP contribution in [0.5, 0.6) is 0 Å². The highest BCUT2D eigenvalue weighted by Crippen LogP contribution is 2.13. The molecule has 14 nitrogen and oxygen atoms in total. The van der Waals surface area contributed by atoms with Crippen molar-refractivity contribution in [1.29, 1.82) is 0 Å². The van der Waals surface area contributed by atoms with Crippen LogP contribution in [0.1, 0.15) is 30.4 Å². The molecule has 1 amide bonds. The normalized spacial score (nSPS) is 12.6. The maximum atomic E-state index is 12.8. The van der Waals surface area contributed by atoms with E-state index in [1.54, 1.807) is 54.6 Å². The number of nitrogens with zero attached hydrogens (tertiary/aromatic N) is 1. The van der Waals surface area contributed by atoms with Gasteiger partial charge in [0.05, 0.1) is 12.5 Å². The molecule has 0 aliphatic carbocycles. The average Bonchev–Trinajstić information content (AvgIpc) is 3.00. The number of esters is 2. The number of Topliss-reactive ketones (excluding diaryl/α,β-unsaturated/α-hetero) is 1. The number of amides is 1. The predicted molar refractivity (Wildman–Crippen MR) is 154 cm³/mol. The fourth-order valence-corrected chi connectivity index (χ4v) is 3.27. The summed E-state index contributed by atoms with van der Waals surface area (Å²) in [5.74, 6) is -6.21. The van der Waals surface area contributed by atoms with Crippen molar-refractivity contribution in [3.63, 3.8) is 0 Å². The lowest BCUT2D eigenvalue weighted by molar-refractivity contribution is -0.192. The molecule has 0 aliphatic rings. The van der Waals surface area contributed by atoms with Gasteiger partial charge in [-0.1, -0.05) is 60.7 Å². The minimum absolute atomic E-state index is 0.0217. The Labute approximate surface area is 255 Å². The molecule has 17 heteroatoms. The summed E-state index contributed by atoms with van der Waals surface area (Å²) in [6.45, 7) is 0.147. The topological polar surface area (TPSA) is 253 Å². The monoisotopic (exact) mass is 640 g/mol. The van der Waals surface area contributed by atoms with Crippen molar-refractivity contribution < 1.29 is 51.7 Å². The lowest BCUT2D eigenvalue weighted by Gasteiger charge is -2.20. The third kappa shape index (κ3) is 15.8. The third-order valence-electron chi connectivity index (χ3n) is 5.60. The first kappa shape index (κ1) is 38.0. The second-order valence-corrected chi connectivity index (χ2v) is 9.24. The van der Waals surface area contributed by atoms with E-state index in [4.69, 9.17) is 42.3 Å². The quantitative estimate of drug-likeness (QED) is 0.0504. The largest absolute Gasteiger partial charge is 0.490 e. The van der Waals surface area contributed by atoms with Gasteiger partial charge in [0.25, 0.3) is 0 Å². The Bertz CT molecular complexity index is 1290. The molecule has 2 aromatic rings. The first-order valence-corrected chi connectivity index (χ1v) is 13.2. The van der Waals surface area contributed by atoms with Crippen molar-refractivity contribution in [3.8, 4) is 0 Å². The van der Waals surface area contributed by atoms with Gasteiger partial charge in [-0.05, 0) is 24.0 Å². The molecule has 0 spiro atoms. The lowest BCUT2D eigenvalue weighted by atomic mass is 10.0. The highest BCUT2D eigenvalue weighted by molar-refractivity contribution is 6.08. The van der Waals surface area contributed by atoms with Crippen LogP contribution < -0.4 is 28.3 Å². The first-order valence-electron chi connectivity index (χ1n) is 13.2. The van der Waals surface area contributed by atoms with Crippen molar-refractivity contribution in [2.75, 3.05) is 6.54 Å². The molecular weight excluding hydrogens is 605 g/mol. The van der Waals surface area contributed by atoms with E-state index in [0.717, 1.165) is 5.56 Å². The van der Waals surface area contributed by atoms with E-state index in [1.807, 2.05) is 6.07 Å². The van der Waals surface area contributed by atoms with Gasteiger partial charge in [0, 0.05) is 6.54 Å². The number of hydrogen-bond acceptors (Lipinski definition) is 10. The number of alkyl halides is 3. The second-order valence-electron chi connectivity index (χ2n) is 9.24. The van der Waals surface area contributed by atoms with Gasteiger partial charge < -0.3 is 42.8 Å². The number of carbonyl (C=O) groups is 5. The number of carboxylic acid groups (broad SMARTS) is 1. The molecule has 246 valence electrons. The van der Waals surface area contributed by atoms with Gasteiger partial charge in [0.15, 0.2) is 11.7 Å². The molecule has 0 bridgehead atoms. The number of carboxylic acids is 1. The van der Waals surface area contributed by atoms with Crippen LogP contribution >= 0.6 is 0 Å². The van der Waals surface area contributed by atoms with Crippen molar-refractivity contribution in [2.24, 2.45) is 27.9 Å². The maximum absolute atomic E-state index is 12.8. The summed E-state index contributed by atoms with van der Waals surface area (Å²) in [6, 6.07) is 13.6. The number of benzene rings is 2. The molecule has 0 saturated carbocycles. The van der Waals surface area contributed by atoms with Gasteiger partial charge in [-0.25, -0.2) is 9.59 Å². The number of rotatable bonds is 15. The summed E-state index contributed by atoms with van der Waals surface area (Å²) in [5.41, 5.74) is 23.6. The minimum atomic E-state index is -5.08. The van der Waals surface area contributed by atoms with Crippen molar-refractivity contribution in [1.82, 2.24) is 5.32 Å². The Balaban J connectivity index is 0.00000129. The molecule has 2 rings (SSSR count). The number of nitrogens with two attached hydrogens (primary N) is 4. The van der Waals surface area contributed by atoms with E-state index in [9.17, 15) is 32.3 Å². The van der Waals surface area contributed by atoms with Gasteiger partial charge in [0.1, 0.15) is 25.3 Å². The Hall–Kier alpha value is -5.03. The van der Waals surface area contributed by atoms with Crippen LogP contribution in [-0.4, -0.2) is 71.5 Å². The standard InChI is InChI=1S/C26H34N6O6.C2HF3O2/c27-19(12-7-13-31-26(29)30)23(34)22(28)24(35)32-20(25(36)38-16-18-10-5-2-6-11-18)14-21(33)37-15-17-8-3-1-4-9-17;3-2(4,5)1(6)7/h1-6,8-11,19-20,22H,7,12-16,27-28H2,(H,32,35)(H4,29,30,31);(H,6,7). The summed E-state index contributed by atoms with van der Waals surface area (Å²) < 4.78 is 42.2.